The highest BCUT2D eigenvalue weighted by Gasteiger charge is 2.15. The smallest absolute Gasteiger partial charge is 0.251 e. The van der Waals surface area contributed by atoms with Gasteiger partial charge in [-0.2, -0.15) is 0 Å². The molecule has 0 saturated heterocycles. The van der Waals surface area contributed by atoms with E-state index < -0.39 is 0 Å². The first-order valence-corrected chi connectivity index (χ1v) is 8.74. The second-order valence-corrected chi connectivity index (χ2v) is 6.24. The van der Waals surface area contributed by atoms with E-state index in [1.165, 1.54) is 0 Å². The molecule has 0 fully saturated rings. The summed E-state index contributed by atoms with van der Waals surface area (Å²) in [5.41, 5.74) is 1.48. The van der Waals surface area contributed by atoms with Crippen molar-refractivity contribution in [3.63, 3.8) is 0 Å². The number of hydrogen-bond donors (Lipinski definition) is 1. The van der Waals surface area contributed by atoms with Gasteiger partial charge in [0.15, 0.2) is 11.5 Å². The van der Waals surface area contributed by atoms with Crippen LogP contribution in [0.3, 0.4) is 0 Å². The van der Waals surface area contributed by atoms with Crippen molar-refractivity contribution in [1.82, 2.24) is 5.32 Å². The Kier molecular flexibility index (Phi) is 6.70. The van der Waals surface area contributed by atoms with Crippen molar-refractivity contribution in [1.29, 1.82) is 0 Å². The molecule has 0 aliphatic carbocycles. The third-order valence-corrected chi connectivity index (χ3v) is 4.37. The van der Waals surface area contributed by atoms with E-state index in [0.717, 1.165) is 15.8 Å². The minimum absolute atomic E-state index is 0.160. The molecule has 0 unspecified atom stereocenters. The van der Waals surface area contributed by atoms with Crippen molar-refractivity contribution in [3.05, 3.63) is 52.0 Å². The van der Waals surface area contributed by atoms with Gasteiger partial charge < -0.3 is 19.5 Å². The van der Waals surface area contributed by atoms with Crippen LogP contribution in [0.25, 0.3) is 0 Å². The fraction of sp³-hybridized carbons (Fsp3) is 0.316. The second-order valence-electron chi connectivity index (χ2n) is 5.39. The summed E-state index contributed by atoms with van der Waals surface area (Å²) in [7, 11) is 3.17. The van der Waals surface area contributed by atoms with Crippen LogP contribution in [0.1, 0.15) is 35.8 Å². The number of nitrogens with one attached hydrogen (secondary N) is 1. The highest BCUT2D eigenvalue weighted by molar-refractivity contribution is 9.10. The van der Waals surface area contributed by atoms with Crippen LogP contribution in [0, 0.1) is 0 Å². The van der Waals surface area contributed by atoms with E-state index in [1.807, 2.05) is 32.0 Å². The molecule has 1 atom stereocenters. The van der Waals surface area contributed by atoms with E-state index >= 15 is 0 Å². The number of hydrogen-bond acceptors (Lipinski definition) is 4. The number of carbonyl (C=O) groups is 1. The van der Waals surface area contributed by atoms with Crippen molar-refractivity contribution in [2.24, 2.45) is 0 Å². The molecule has 2 rings (SSSR count). The van der Waals surface area contributed by atoms with Crippen molar-refractivity contribution in [2.75, 3.05) is 20.8 Å². The van der Waals surface area contributed by atoms with Crippen LogP contribution in [-0.2, 0) is 0 Å². The number of amides is 1. The number of benzene rings is 2. The maximum Gasteiger partial charge on any atom is 0.251 e. The maximum atomic E-state index is 12.5. The van der Waals surface area contributed by atoms with E-state index in [4.69, 9.17) is 14.2 Å². The molecule has 134 valence electrons. The van der Waals surface area contributed by atoms with Crippen LogP contribution in [0.5, 0.6) is 17.2 Å². The summed E-state index contributed by atoms with van der Waals surface area (Å²) in [4.78, 5) is 12.5. The predicted octanol–water partition coefficient (Wildman–Crippen LogP) is 4.36. The normalized spacial score (nSPS) is 11.6. The lowest BCUT2D eigenvalue weighted by atomic mass is 10.1. The van der Waals surface area contributed by atoms with Gasteiger partial charge in [0, 0.05) is 5.56 Å². The molecule has 1 N–H and O–H groups in total. The van der Waals surface area contributed by atoms with Gasteiger partial charge in [-0.3, -0.25) is 4.79 Å². The van der Waals surface area contributed by atoms with Gasteiger partial charge in [-0.25, -0.2) is 0 Å². The molecule has 0 aromatic heterocycles. The largest absolute Gasteiger partial charge is 0.496 e. The molecule has 1 amide bonds. The SMILES string of the molecule is CCOc1ccc(C(=O)N[C@@H](C)c2ccc(OC)c(Br)c2)cc1OC. The van der Waals surface area contributed by atoms with Gasteiger partial charge in [-0.05, 0) is 65.7 Å². The quantitative estimate of drug-likeness (QED) is 0.740. The molecular formula is C19H22BrNO4. The van der Waals surface area contributed by atoms with Crippen molar-refractivity contribution >= 4 is 21.8 Å². The van der Waals surface area contributed by atoms with E-state index in [1.54, 1.807) is 32.4 Å². The predicted molar refractivity (Wildman–Crippen MR) is 101 cm³/mol. The molecule has 0 bridgehead atoms. The number of rotatable bonds is 7. The summed E-state index contributed by atoms with van der Waals surface area (Å²) in [5.74, 6) is 1.72. The monoisotopic (exact) mass is 407 g/mol. The molecule has 0 aliphatic heterocycles. The molecule has 0 heterocycles. The molecule has 2 aromatic carbocycles. The highest BCUT2D eigenvalue weighted by atomic mass is 79.9. The van der Waals surface area contributed by atoms with Gasteiger partial charge in [0.25, 0.3) is 5.91 Å². The summed E-state index contributed by atoms with van der Waals surface area (Å²) in [6.45, 7) is 4.36. The topological polar surface area (TPSA) is 56.8 Å². The van der Waals surface area contributed by atoms with Crippen LogP contribution < -0.4 is 19.5 Å². The Morgan fingerprint density at radius 3 is 2.36 bits per heavy atom. The van der Waals surface area contributed by atoms with Crippen molar-refractivity contribution in [3.8, 4) is 17.2 Å². The van der Waals surface area contributed by atoms with E-state index in [9.17, 15) is 4.79 Å². The molecule has 5 nitrogen and oxygen atoms in total. The first-order valence-electron chi connectivity index (χ1n) is 7.95. The van der Waals surface area contributed by atoms with Crippen molar-refractivity contribution in [2.45, 2.75) is 19.9 Å². The first-order chi connectivity index (χ1) is 12.0. The average molecular weight is 408 g/mol. The Hall–Kier alpha value is -2.21. The lowest BCUT2D eigenvalue weighted by molar-refractivity contribution is 0.0939. The summed E-state index contributed by atoms with van der Waals surface area (Å²) in [6.07, 6.45) is 0. The third-order valence-electron chi connectivity index (χ3n) is 3.75. The summed E-state index contributed by atoms with van der Waals surface area (Å²) in [5, 5.41) is 2.98. The zero-order valence-corrected chi connectivity index (χ0v) is 16.3. The molecule has 0 radical (unpaired) electrons. The van der Waals surface area contributed by atoms with Gasteiger partial charge in [-0.1, -0.05) is 6.07 Å². The molecular weight excluding hydrogens is 386 g/mol. The molecule has 2 aromatic rings. The van der Waals surface area contributed by atoms with Gasteiger partial charge >= 0.3 is 0 Å². The Balaban J connectivity index is 2.14. The fourth-order valence-corrected chi connectivity index (χ4v) is 2.96. The Morgan fingerprint density at radius 2 is 1.76 bits per heavy atom. The van der Waals surface area contributed by atoms with Crippen LogP contribution in [0.4, 0.5) is 0 Å². The Bertz CT molecular complexity index is 748. The molecule has 6 heteroatoms. The van der Waals surface area contributed by atoms with Crippen LogP contribution in [0.2, 0.25) is 0 Å². The van der Waals surface area contributed by atoms with E-state index in [-0.39, 0.29) is 11.9 Å². The van der Waals surface area contributed by atoms with Crippen LogP contribution in [0.15, 0.2) is 40.9 Å². The average Bonchev–Trinajstić information content (AvgIpc) is 2.62. The summed E-state index contributed by atoms with van der Waals surface area (Å²) >= 11 is 3.46. The number of ether oxygens (including phenoxy) is 3. The lowest BCUT2D eigenvalue weighted by Crippen LogP contribution is -2.26. The molecule has 0 aliphatic rings. The zero-order valence-electron chi connectivity index (χ0n) is 14.8. The summed E-state index contributed by atoms with van der Waals surface area (Å²) in [6, 6.07) is 10.7. The van der Waals surface area contributed by atoms with Crippen LogP contribution in [-0.4, -0.2) is 26.7 Å². The minimum atomic E-state index is -0.180. The van der Waals surface area contributed by atoms with E-state index in [2.05, 4.69) is 21.2 Å². The van der Waals surface area contributed by atoms with Gasteiger partial charge in [0.05, 0.1) is 31.3 Å². The van der Waals surface area contributed by atoms with Gasteiger partial charge in [0.1, 0.15) is 5.75 Å². The minimum Gasteiger partial charge on any atom is -0.496 e. The third kappa shape index (κ3) is 4.66. The Morgan fingerprint density at radius 1 is 1.08 bits per heavy atom. The molecule has 0 spiro atoms. The van der Waals surface area contributed by atoms with Crippen LogP contribution >= 0.6 is 15.9 Å². The number of methoxy groups -OCH3 is 2. The summed E-state index contributed by atoms with van der Waals surface area (Å²) < 4.78 is 16.8. The van der Waals surface area contributed by atoms with Crippen molar-refractivity contribution < 1.29 is 19.0 Å². The number of carbonyl (C=O) groups excluding carboxylic acids is 1. The highest BCUT2D eigenvalue weighted by Crippen LogP contribution is 2.30. The number of halogens is 1. The van der Waals surface area contributed by atoms with Gasteiger partial charge in [-0.15, -0.1) is 0 Å². The Labute approximate surface area is 156 Å². The maximum absolute atomic E-state index is 12.5. The standard InChI is InChI=1S/C19H22BrNO4/c1-5-25-17-9-7-14(11-18(17)24-4)19(22)21-12(2)13-6-8-16(23-3)15(20)10-13/h6-12H,5H2,1-4H3,(H,21,22)/t12-/m0/s1. The second kappa shape index (κ2) is 8.76. The lowest BCUT2D eigenvalue weighted by Gasteiger charge is -2.16. The molecule has 25 heavy (non-hydrogen) atoms. The first kappa shape index (κ1) is 19.1. The molecule has 0 saturated carbocycles. The van der Waals surface area contributed by atoms with E-state index in [0.29, 0.717) is 23.7 Å². The fourth-order valence-electron chi connectivity index (χ4n) is 2.40. The van der Waals surface area contributed by atoms with Gasteiger partial charge in [0.2, 0.25) is 0 Å². The zero-order chi connectivity index (χ0) is 18.4.